The highest BCUT2D eigenvalue weighted by molar-refractivity contribution is 5.76. The van der Waals surface area contributed by atoms with E-state index in [0.29, 0.717) is 6.42 Å². The van der Waals surface area contributed by atoms with Gasteiger partial charge in [-0.1, -0.05) is 127 Å². The highest BCUT2D eigenvalue weighted by atomic mass is 16.5. The number of benzene rings is 1. The molecule has 0 saturated carbocycles. The van der Waals surface area contributed by atoms with Gasteiger partial charge in [0.2, 0.25) is 5.91 Å². The number of carbonyl (C=O) groups is 1. The molecule has 4 nitrogen and oxygen atoms in total. The molecule has 1 N–H and O–H groups in total. The lowest BCUT2D eigenvalue weighted by atomic mass is 10.0. The van der Waals surface area contributed by atoms with Crippen molar-refractivity contribution in [2.24, 2.45) is 0 Å². The zero-order valence-electron chi connectivity index (χ0n) is 22.1. The Bertz CT molecular complexity index is 601. The number of carbonyl (C=O) groups excluding carboxylic acids is 1. The van der Waals surface area contributed by atoms with Crippen molar-refractivity contribution in [1.29, 1.82) is 0 Å². The largest absolute Gasteiger partial charge is 0.379 e. The number of morpholine rings is 1. The van der Waals surface area contributed by atoms with Gasteiger partial charge in [-0.3, -0.25) is 9.69 Å². The Morgan fingerprint density at radius 3 is 1.82 bits per heavy atom. The van der Waals surface area contributed by atoms with Crippen LogP contribution in [-0.2, 0) is 9.53 Å². The molecule has 1 aromatic carbocycles. The van der Waals surface area contributed by atoms with E-state index in [1.54, 1.807) is 0 Å². The molecule has 1 fully saturated rings. The fourth-order valence-electron chi connectivity index (χ4n) is 4.99. The normalized spacial score (nSPS) is 15.3. The van der Waals surface area contributed by atoms with Crippen molar-refractivity contribution < 1.29 is 9.53 Å². The smallest absolute Gasteiger partial charge is 0.221 e. The fraction of sp³-hybridized carbons (Fsp3) is 0.767. The lowest BCUT2D eigenvalue weighted by Gasteiger charge is -2.34. The molecule has 0 aromatic heterocycles. The number of rotatable bonds is 20. The fourth-order valence-corrected chi connectivity index (χ4v) is 4.99. The molecule has 1 heterocycles. The second-order valence-electron chi connectivity index (χ2n) is 10.1. The zero-order valence-corrected chi connectivity index (χ0v) is 22.1. The van der Waals surface area contributed by atoms with Crippen molar-refractivity contribution in [3.63, 3.8) is 0 Å². The molecule has 34 heavy (non-hydrogen) atoms. The van der Waals surface area contributed by atoms with E-state index >= 15 is 0 Å². The summed E-state index contributed by atoms with van der Waals surface area (Å²) in [4.78, 5) is 15.0. The predicted molar refractivity (Wildman–Crippen MR) is 144 cm³/mol. The molecular formula is C30H52N2O2. The van der Waals surface area contributed by atoms with E-state index in [1.165, 1.54) is 95.5 Å². The Balaban J connectivity index is 1.45. The molecule has 2 rings (SSSR count). The van der Waals surface area contributed by atoms with E-state index in [1.807, 2.05) is 6.07 Å². The number of ether oxygens (including phenoxy) is 1. The van der Waals surface area contributed by atoms with Gasteiger partial charge in [0.15, 0.2) is 0 Å². The Hall–Kier alpha value is -1.39. The van der Waals surface area contributed by atoms with Crippen LogP contribution < -0.4 is 5.32 Å². The first-order valence-corrected chi connectivity index (χ1v) is 14.4. The molecule has 0 spiro atoms. The third-order valence-electron chi connectivity index (χ3n) is 7.15. The van der Waals surface area contributed by atoms with Gasteiger partial charge in [-0.15, -0.1) is 0 Å². The van der Waals surface area contributed by atoms with Gasteiger partial charge in [-0.2, -0.15) is 0 Å². The summed E-state index contributed by atoms with van der Waals surface area (Å²) in [5, 5.41) is 3.17. The molecule has 0 bridgehead atoms. The summed E-state index contributed by atoms with van der Waals surface area (Å²) in [6.07, 6.45) is 21.1. The second kappa shape index (κ2) is 19.9. The summed E-state index contributed by atoms with van der Waals surface area (Å²) in [5.74, 6) is 0.172. The quantitative estimate of drug-likeness (QED) is 0.201. The van der Waals surface area contributed by atoms with Crippen LogP contribution in [0.15, 0.2) is 30.3 Å². The van der Waals surface area contributed by atoms with E-state index in [0.717, 1.165) is 39.3 Å². The number of nitrogens with one attached hydrogen (secondary N) is 1. The molecule has 0 radical (unpaired) electrons. The van der Waals surface area contributed by atoms with Crippen LogP contribution in [0.25, 0.3) is 0 Å². The Kier molecular flexibility index (Phi) is 16.9. The second-order valence-corrected chi connectivity index (χ2v) is 10.1. The van der Waals surface area contributed by atoms with Crippen molar-refractivity contribution >= 4 is 5.91 Å². The Morgan fingerprint density at radius 1 is 0.794 bits per heavy atom. The molecular weight excluding hydrogens is 420 g/mol. The Morgan fingerprint density at radius 2 is 1.29 bits per heavy atom. The number of hydrogen-bond donors (Lipinski definition) is 1. The molecule has 1 amide bonds. The van der Waals surface area contributed by atoms with Gasteiger partial charge in [0, 0.05) is 32.1 Å². The summed E-state index contributed by atoms with van der Waals surface area (Å²) in [6.45, 7) is 6.39. The van der Waals surface area contributed by atoms with Crippen LogP contribution in [0, 0.1) is 0 Å². The number of unbranched alkanes of at least 4 members (excludes halogenated alkanes) is 14. The van der Waals surface area contributed by atoms with Gasteiger partial charge in [0.05, 0.1) is 13.2 Å². The molecule has 1 aliphatic rings. The minimum Gasteiger partial charge on any atom is -0.379 e. The van der Waals surface area contributed by atoms with E-state index in [2.05, 4.69) is 41.4 Å². The lowest BCUT2D eigenvalue weighted by molar-refractivity contribution is -0.123. The summed E-state index contributed by atoms with van der Waals surface area (Å²) in [6, 6.07) is 10.6. The molecule has 1 saturated heterocycles. The monoisotopic (exact) mass is 472 g/mol. The Labute approximate surface area is 210 Å². The van der Waals surface area contributed by atoms with Crippen molar-refractivity contribution in [2.75, 3.05) is 32.8 Å². The lowest BCUT2D eigenvalue weighted by Crippen LogP contribution is -2.41. The van der Waals surface area contributed by atoms with Crippen molar-refractivity contribution in [3.05, 3.63) is 35.9 Å². The third kappa shape index (κ3) is 13.5. The molecule has 1 unspecified atom stereocenters. The maximum Gasteiger partial charge on any atom is 0.221 e. The van der Waals surface area contributed by atoms with E-state index in [4.69, 9.17) is 4.74 Å². The van der Waals surface area contributed by atoms with Gasteiger partial charge in [-0.25, -0.2) is 0 Å². The molecule has 4 heteroatoms. The zero-order chi connectivity index (χ0) is 24.1. The third-order valence-corrected chi connectivity index (χ3v) is 7.15. The topological polar surface area (TPSA) is 41.6 Å². The average molecular weight is 473 g/mol. The molecule has 1 atom stereocenters. The summed E-state index contributed by atoms with van der Waals surface area (Å²) in [5.41, 5.74) is 1.23. The predicted octanol–water partition coefficient (Wildman–Crippen LogP) is 7.44. The molecule has 1 aliphatic heterocycles. The van der Waals surface area contributed by atoms with Crippen LogP contribution in [-0.4, -0.2) is 43.7 Å². The van der Waals surface area contributed by atoms with Gasteiger partial charge in [0.1, 0.15) is 0 Å². The first-order valence-electron chi connectivity index (χ1n) is 14.4. The maximum absolute atomic E-state index is 12.6. The molecule has 194 valence electrons. The first kappa shape index (κ1) is 28.8. The van der Waals surface area contributed by atoms with Crippen LogP contribution >= 0.6 is 0 Å². The summed E-state index contributed by atoms with van der Waals surface area (Å²) in [7, 11) is 0. The molecule has 0 aliphatic carbocycles. The summed E-state index contributed by atoms with van der Waals surface area (Å²) < 4.78 is 5.51. The van der Waals surface area contributed by atoms with Crippen LogP contribution in [0.3, 0.4) is 0 Å². The number of hydrogen-bond acceptors (Lipinski definition) is 3. The SMILES string of the molecule is CCCCCCCCCCCCCCCCCNC(=O)CC(c1ccccc1)N1CCOCC1. The van der Waals surface area contributed by atoms with Crippen LogP contribution in [0.1, 0.15) is 121 Å². The van der Waals surface area contributed by atoms with Crippen molar-refractivity contribution in [1.82, 2.24) is 10.2 Å². The van der Waals surface area contributed by atoms with Gasteiger partial charge < -0.3 is 10.1 Å². The highest BCUT2D eigenvalue weighted by Gasteiger charge is 2.24. The van der Waals surface area contributed by atoms with Crippen LogP contribution in [0.2, 0.25) is 0 Å². The minimum absolute atomic E-state index is 0.145. The minimum atomic E-state index is 0.145. The number of nitrogens with zero attached hydrogens (tertiary/aromatic N) is 1. The van der Waals surface area contributed by atoms with Crippen molar-refractivity contribution in [2.45, 2.75) is 116 Å². The average Bonchev–Trinajstić information content (AvgIpc) is 2.88. The van der Waals surface area contributed by atoms with E-state index in [9.17, 15) is 4.79 Å². The van der Waals surface area contributed by atoms with Crippen molar-refractivity contribution in [3.8, 4) is 0 Å². The molecule has 1 aromatic rings. The van der Waals surface area contributed by atoms with E-state index < -0.39 is 0 Å². The van der Waals surface area contributed by atoms with E-state index in [-0.39, 0.29) is 11.9 Å². The number of amides is 1. The highest BCUT2D eigenvalue weighted by Crippen LogP contribution is 2.25. The maximum atomic E-state index is 12.6. The van der Waals surface area contributed by atoms with Crippen LogP contribution in [0.4, 0.5) is 0 Å². The van der Waals surface area contributed by atoms with Gasteiger partial charge in [0.25, 0.3) is 0 Å². The van der Waals surface area contributed by atoms with Crippen LogP contribution in [0.5, 0.6) is 0 Å². The standard InChI is InChI=1S/C30H52N2O2/c1-2-3-4-5-6-7-8-9-10-11-12-13-14-15-19-22-31-30(33)27-29(28-20-17-16-18-21-28)32-23-25-34-26-24-32/h16-18,20-21,29H,2-15,19,22-27H2,1H3,(H,31,33). The van der Waals surface area contributed by atoms with Gasteiger partial charge in [-0.05, 0) is 12.0 Å². The summed E-state index contributed by atoms with van der Waals surface area (Å²) >= 11 is 0. The van der Waals surface area contributed by atoms with Gasteiger partial charge >= 0.3 is 0 Å². The first-order chi connectivity index (χ1) is 16.8.